The molecule has 1 aromatic carbocycles. The number of alkyl halides is 3. The van der Waals surface area contributed by atoms with Crippen molar-refractivity contribution in [3.05, 3.63) is 59.7 Å². The summed E-state index contributed by atoms with van der Waals surface area (Å²) < 4.78 is 53.3. The average Bonchev–Trinajstić information content (AvgIpc) is 2.37. The Morgan fingerprint density at radius 2 is 1.75 bits per heavy atom. The molecule has 0 saturated heterocycles. The van der Waals surface area contributed by atoms with Crippen LogP contribution in [0.15, 0.2) is 42.6 Å². The van der Waals surface area contributed by atoms with E-state index in [0.717, 1.165) is 12.1 Å². The molecule has 0 fully saturated rings. The predicted octanol–water partition coefficient (Wildman–Crippen LogP) is 3.17. The third kappa shape index (κ3) is 3.45. The second-order valence-corrected chi connectivity index (χ2v) is 3.96. The van der Waals surface area contributed by atoms with Crippen LogP contribution in [0.2, 0.25) is 0 Å². The summed E-state index contributed by atoms with van der Waals surface area (Å²) >= 11 is 0. The number of nitrogens with two attached hydrogens (primary N) is 1. The highest BCUT2D eigenvalue weighted by atomic mass is 19.4. The SMILES string of the molecule is N[C@@H](c1ccc(OC(F)(F)F)cc1)c1ncccc1F. The Hall–Kier alpha value is -2.15. The topological polar surface area (TPSA) is 48.1 Å². The standard InChI is InChI=1S/C13H10F4N2O/c14-10-2-1-7-19-12(10)11(18)8-3-5-9(6-4-8)20-13(15,16)17/h1-7,11H,18H2/t11-/m0/s1. The molecule has 0 bridgehead atoms. The maximum atomic E-state index is 13.5. The molecule has 0 unspecified atom stereocenters. The molecule has 2 aromatic rings. The molecular weight excluding hydrogens is 276 g/mol. The van der Waals surface area contributed by atoms with Gasteiger partial charge in [-0.25, -0.2) is 4.39 Å². The van der Waals surface area contributed by atoms with Crippen molar-refractivity contribution in [1.29, 1.82) is 0 Å². The molecule has 1 atom stereocenters. The van der Waals surface area contributed by atoms with E-state index in [1.54, 1.807) is 0 Å². The summed E-state index contributed by atoms with van der Waals surface area (Å²) in [5.74, 6) is -0.939. The Bertz CT molecular complexity index is 584. The highest BCUT2D eigenvalue weighted by Crippen LogP contribution is 2.26. The van der Waals surface area contributed by atoms with Crippen molar-refractivity contribution >= 4 is 0 Å². The Morgan fingerprint density at radius 1 is 1.10 bits per heavy atom. The first-order valence-corrected chi connectivity index (χ1v) is 5.58. The fraction of sp³-hybridized carbons (Fsp3) is 0.154. The number of pyridine rings is 1. The smallest absolute Gasteiger partial charge is 0.406 e. The molecular formula is C13H10F4N2O. The van der Waals surface area contributed by atoms with Gasteiger partial charge in [0.1, 0.15) is 11.6 Å². The van der Waals surface area contributed by atoms with Gasteiger partial charge >= 0.3 is 6.36 Å². The summed E-state index contributed by atoms with van der Waals surface area (Å²) in [6.07, 6.45) is -3.36. The van der Waals surface area contributed by atoms with E-state index in [9.17, 15) is 17.6 Å². The van der Waals surface area contributed by atoms with Gasteiger partial charge in [-0.2, -0.15) is 0 Å². The number of hydrogen-bond acceptors (Lipinski definition) is 3. The maximum Gasteiger partial charge on any atom is 0.573 e. The lowest BCUT2D eigenvalue weighted by molar-refractivity contribution is -0.274. The average molecular weight is 286 g/mol. The molecule has 3 nitrogen and oxygen atoms in total. The fourth-order valence-electron chi connectivity index (χ4n) is 1.66. The second-order valence-electron chi connectivity index (χ2n) is 3.96. The Labute approximate surface area is 112 Å². The van der Waals surface area contributed by atoms with Gasteiger partial charge in [-0.15, -0.1) is 13.2 Å². The van der Waals surface area contributed by atoms with Crippen molar-refractivity contribution in [2.24, 2.45) is 5.73 Å². The van der Waals surface area contributed by atoms with E-state index in [-0.39, 0.29) is 11.4 Å². The first kappa shape index (κ1) is 14.3. The van der Waals surface area contributed by atoms with Gasteiger partial charge in [-0.05, 0) is 29.8 Å². The summed E-state index contributed by atoms with van der Waals surface area (Å²) in [5.41, 5.74) is 6.28. The molecule has 1 heterocycles. The Kier molecular flexibility index (Phi) is 3.89. The van der Waals surface area contributed by atoms with E-state index in [4.69, 9.17) is 5.73 Å². The summed E-state index contributed by atoms with van der Waals surface area (Å²) in [5, 5.41) is 0. The number of nitrogens with zero attached hydrogens (tertiary/aromatic N) is 1. The van der Waals surface area contributed by atoms with Crippen molar-refractivity contribution in [2.75, 3.05) is 0 Å². The van der Waals surface area contributed by atoms with Crippen molar-refractivity contribution < 1.29 is 22.3 Å². The van der Waals surface area contributed by atoms with E-state index in [1.807, 2.05) is 0 Å². The van der Waals surface area contributed by atoms with E-state index in [0.29, 0.717) is 5.56 Å². The van der Waals surface area contributed by atoms with Crippen LogP contribution in [0.25, 0.3) is 0 Å². The number of halogens is 4. The minimum Gasteiger partial charge on any atom is -0.406 e. The number of benzene rings is 1. The molecule has 0 amide bonds. The van der Waals surface area contributed by atoms with Crippen LogP contribution in [0.3, 0.4) is 0 Å². The van der Waals surface area contributed by atoms with Gasteiger partial charge in [-0.1, -0.05) is 12.1 Å². The Morgan fingerprint density at radius 3 is 2.30 bits per heavy atom. The molecule has 0 radical (unpaired) electrons. The van der Waals surface area contributed by atoms with Gasteiger partial charge in [-0.3, -0.25) is 4.98 Å². The molecule has 106 valence electrons. The molecule has 1 aromatic heterocycles. The number of rotatable bonds is 3. The van der Waals surface area contributed by atoms with Gasteiger partial charge in [0.15, 0.2) is 0 Å². The molecule has 2 rings (SSSR count). The summed E-state index contributed by atoms with van der Waals surface area (Å²) in [6.45, 7) is 0. The van der Waals surface area contributed by atoms with Crippen LogP contribution in [-0.4, -0.2) is 11.3 Å². The fourth-order valence-corrected chi connectivity index (χ4v) is 1.66. The van der Waals surface area contributed by atoms with Crippen LogP contribution in [0, 0.1) is 5.82 Å². The zero-order chi connectivity index (χ0) is 14.8. The lowest BCUT2D eigenvalue weighted by Gasteiger charge is -2.13. The minimum absolute atomic E-state index is 0.0250. The summed E-state index contributed by atoms with van der Waals surface area (Å²) in [4.78, 5) is 3.83. The van der Waals surface area contributed by atoms with Crippen molar-refractivity contribution in [3.8, 4) is 5.75 Å². The van der Waals surface area contributed by atoms with Gasteiger partial charge in [0.2, 0.25) is 0 Å². The quantitative estimate of drug-likeness (QED) is 0.882. The van der Waals surface area contributed by atoms with Crippen LogP contribution in [0.1, 0.15) is 17.3 Å². The zero-order valence-corrected chi connectivity index (χ0v) is 10.1. The first-order chi connectivity index (χ1) is 9.37. The molecule has 0 spiro atoms. The summed E-state index contributed by atoms with van der Waals surface area (Å²) in [6, 6.07) is 6.66. The largest absolute Gasteiger partial charge is 0.573 e. The second kappa shape index (κ2) is 5.46. The minimum atomic E-state index is -4.75. The van der Waals surface area contributed by atoms with E-state index in [1.165, 1.54) is 30.5 Å². The lowest BCUT2D eigenvalue weighted by Crippen LogP contribution is -2.18. The van der Waals surface area contributed by atoms with E-state index < -0.39 is 18.2 Å². The van der Waals surface area contributed by atoms with Gasteiger partial charge in [0.05, 0.1) is 11.7 Å². The summed E-state index contributed by atoms with van der Waals surface area (Å²) in [7, 11) is 0. The van der Waals surface area contributed by atoms with Crippen molar-refractivity contribution in [1.82, 2.24) is 4.98 Å². The lowest BCUT2D eigenvalue weighted by atomic mass is 10.0. The number of aromatic nitrogens is 1. The third-order valence-corrected chi connectivity index (χ3v) is 2.55. The molecule has 0 saturated carbocycles. The van der Waals surface area contributed by atoms with Gasteiger partial charge in [0.25, 0.3) is 0 Å². The molecule has 0 aliphatic heterocycles. The van der Waals surface area contributed by atoms with E-state index >= 15 is 0 Å². The third-order valence-electron chi connectivity index (χ3n) is 2.55. The highest BCUT2D eigenvalue weighted by Gasteiger charge is 2.31. The zero-order valence-electron chi connectivity index (χ0n) is 10.1. The van der Waals surface area contributed by atoms with Crippen LogP contribution in [-0.2, 0) is 0 Å². The van der Waals surface area contributed by atoms with Gasteiger partial charge < -0.3 is 10.5 Å². The Balaban J connectivity index is 2.20. The van der Waals surface area contributed by atoms with Crippen molar-refractivity contribution in [2.45, 2.75) is 12.4 Å². The number of ether oxygens (including phenoxy) is 1. The van der Waals surface area contributed by atoms with Crippen LogP contribution in [0.5, 0.6) is 5.75 Å². The van der Waals surface area contributed by atoms with Gasteiger partial charge in [0, 0.05) is 6.20 Å². The first-order valence-electron chi connectivity index (χ1n) is 5.58. The molecule has 0 aliphatic rings. The molecule has 0 aliphatic carbocycles. The predicted molar refractivity (Wildman–Crippen MR) is 63.4 cm³/mol. The van der Waals surface area contributed by atoms with Crippen LogP contribution >= 0.6 is 0 Å². The monoisotopic (exact) mass is 286 g/mol. The van der Waals surface area contributed by atoms with Crippen molar-refractivity contribution in [3.63, 3.8) is 0 Å². The molecule has 7 heteroatoms. The highest BCUT2D eigenvalue weighted by molar-refractivity contribution is 5.33. The van der Waals surface area contributed by atoms with Crippen LogP contribution in [0.4, 0.5) is 17.6 Å². The van der Waals surface area contributed by atoms with E-state index in [2.05, 4.69) is 9.72 Å². The normalized spacial score (nSPS) is 13.1. The maximum absolute atomic E-state index is 13.5. The van der Waals surface area contributed by atoms with Crippen LogP contribution < -0.4 is 10.5 Å². The number of hydrogen-bond donors (Lipinski definition) is 1. The molecule has 20 heavy (non-hydrogen) atoms. The molecule has 2 N–H and O–H groups in total.